The lowest BCUT2D eigenvalue weighted by molar-refractivity contribution is 0.660. The van der Waals surface area contributed by atoms with E-state index >= 15 is 0 Å². The number of anilines is 3. The zero-order valence-corrected chi connectivity index (χ0v) is 31.1. The molecule has 0 bridgehead atoms. The average molecular weight is 693 g/mol. The van der Waals surface area contributed by atoms with E-state index in [2.05, 4.69) is 207 Å². The maximum absolute atomic E-state index is 2.52. The molecule has 2 aliphatic rings. The van der Waals surface area contributed by atoms with Gasteiger partial charge in [-0.2, -0.15) is 0 Å². The van der Waals surface area contributed by atoms with Crippen LogP contribution in [-0.4, -0.2) is 4.57 Å². The zero-order chi connectivity index (χ0) is 36.3. The van der Waals surface area contributed by atoms with Crippen LogP contribution in [0.25, 0.3) is 60.5 Å². The molecular formula is C52H40N2. The van der Waals surface area contributed by atoms with Gasteiger partial charge in [0.1, 0.15) is 0 Å². The minimum atomic E-state index is -0.110. The summed E-state index contributed by atoms with van der Waals surface area (Å²) in [4.78, 5) is 2.52. The van der Waals surface area contributed by atoms with Gasteiger partial charge in [-0.25, -0.2) is 0 Å². The Morgan fingerprint density at radius 1 is 0.407 bits per heavy atom. The molecule has 0 fully saturated rings. The highest BCUT2D eigenvalue weighted by molar-refractivity contribution is 6.09. The third kappa shape index (κ3) is 4.23. The number of aromatic nitrogens is 1. The van der Waals surface area contributed by atoms with Gasteiger partial charge in [-0.15, -0.1) is 0 Å². The number of nitrogens with zero attached hydrogens (tertiary/aromatic N) is 2. The third-order valence-corrected chi connectivity index (χ3v) is 12.6. The molecule has 1 heterocycles. The van der Waals surface area contributed by atoms with E-state index in [4.69, 9.17) is 0 Å². The van der Waals surface area contributed by atoms with E-state index in [0.29, 0.717) is 0 Å². The Kier molecular flexibility index (Phi) is 6.39. The highest BCUT2D eigenvalue weighted by Crippen LogP contribution is 2.55. The molecule has 0 saturated heterocycles. The first-order valence-corrected chi connectivity index (χ1v) is 19.1. The highest BCUT2D eigenvalue weighted by atomic mass is 15.1. The summed E-state index contributed by atoms with van der Waals surface area (Å²) < 4.78 is 2.41. The summed E-state index contributed by atoms with van der Waals surface area (Å²) in [7, 11) is 0. The van der Waals surface area contributed by atoms with Crippen molar-refractivity contribution in [1.82, 2.24) is 4.57 Å². The fraction of sp³-hybridized carbons (Fsp3) is 0.115. The Labute approximate surface area is 316 Å². The molecule has 0 saturated carbocycles. The van der Waals surface area contributed by atoms with Crippen molar-refractivity contribution in [3.63, 3.8) is 0 Å². The number of para-hydroxylation sites is 2. The largest absolute Gasteiger partial charge is 0.310 e. The van der Waals surface area contributed by atoms with E-state index in [9.17, 15) is 0 Å². The predicted octanol–water partition coefficient (Wildman–Crippen LogP) is 14.0. The van der Waals surface area contributed by atoms with Gasteiger partial charge in [-0.1, -0.05) is 143 Å². The fourth-order valence-electron chi connectivity index (χ4n) is 9.88. The van der Waals surface area contributed by atoms with E-state index in [1.54, 1.807) is 0 Å². The Morgan fingerprint density at radius 2 is 0.963 bits per heavy atom. The van der Waals surface area contributed by atoms with Crippen LogP contribution in [0.3, 0.4) is 0 Å². The predicted molar refractivity (Wildman–Crippen MR) is 228 cm³/mol. The van der Waals surface area contributed by atoms with Gasteiger partial charge in [0, 0.05) is 44.2 Å². The van der Waals surface area contributed by atoms with Gasteiger partial charge in [0.25, 0.3) is 0 Å². The number of hydrogen-bond donors (Lipinski definition) is 0. The van der Waals surface area contributed by atoms with Crippen LogP contribution >= 0.6 is 0 Å². The van der Waals surface area contributed by atoms with Gasteiger partial charge in [0.05, 0.1) is 16.7 Å². The van der Waals surface area contributed by atoms with Crippen molar-refractivity contribution in [2.75, 3.05) is 4.90 Å². The maximum atomic E-state index is 2.52. The molecule has 11 rings (SSSR count). The Bertz CT molecular complexity index is 2960. The normalized spacial score (nSPS) is 14.6. The van der Waals surface area contributed by atoms with Crippen molar-refractivity contribution < 1.29 is 0 Å². The van der Waals surface area contributed by atoms with Crippen molar-refractivity contribution in [3.05, 3.63) is 192 Å². The molecule has 0 unspecified atom stereocenters. The van der Waals surface area contributed by atoms with E-state index in [0.717, 1.165) is 11.4 Å². The van der Waals surface area contributed by atoms with Crippen LogP contribution in [-0.2, 0) is 10.8 Å². The smallest absolute Gasteiger partial charge is 0.0543 e. The second-order valence-corrected chi connectivity index (χ2v) is 16.2. The second-order valence-electron chi connectivity index (χ2n) is 16.2. The van der Waals surface area contributed by atoms with Crippen molar-refractivity contribution in [2.24, 2.45) is 0 Å². The molecule has 1 aromatic heterocycles. The summed E-state index contributed by atoms with van der Waals surface area (Å²) >= 11 is 0. The molecule has 0 amide bonds. The summed E-state index contributed by atoms with van der Waals surface area (Å²) in [5, 5.41) is 4.98. The Hall–Kier alpha value is -6.38. The summed E-state index contributed by atoms with van der Waals surface area (Å²) in [6, 6.07) is 63.4. The lowest BCUT2D eigenvalue weighted by atomic mass is 9.82. The second kappa shape index (κ2) is 11.1. The topological polar surface area (TPSA) is 8.17 Å². The van der Waals surface area contributed by atoms with Gasteiger partial charge in [0.2, 0.25) is 0 Å². The van der Waals surface area contributed by atoms with Crippen LogP contribution in [0.15, 0.2) is 170 Å². The van der Waals surface area contributed by atoms with Gasteiger partial charge in [0.15, 0.2) is 0 Å². The number of rotatable bonds is 4. The molecule has 8 aromatic carbocycles. The molecule has 2 heteroatoms. The number of benzene rings is 8. The minimum absolute atomic E-state index is 0.101. The summed E-state index contributed by atoms with van der Waals surface area (Å²) in [6.45, 7) is 9.48. The maximum Gasteiger partial charge on any atom is 0.0543 e. The monoisotopic (exact) mass is 692 g/mol. The zero-order valence-electron chi connectivity index (χ0n) is 31.1. The van der Waals surface area contributed by atoms with Crippen LogP contribution in [0, 0.1) is 0 Å². The lowest BCUT2D eigenvalue weighted by Crippen LogP contribution is -2.17. The number of hydrogen-bond acceptors (Lipinski definition) is 1. The van der Waals surface area contributed by atoms with E-state index in [1.165, 1.54) is 88.5 Å². The molecule has 0 N–H and O–H groups in total. The molecule has 258 valence electrons. The van der Waals surface area contributed by atoms with Crippen molar-refractivity contribution >= 4 is 49.6 Å². The van der Waals surface area contributed by atoms with E-state index < -0.39 is 0 Å². The molecular weight excluding hydrogens is 653 g/mol. The van der Waals surface area contributed by atoms with E-state index in [-0.39, 0.29) is 10.8 Å². The summed E-state index contributed by atoms with van der Waals surface area (Å²) in [5.74, 6) is 0. The molecule has 54 heavy (non-hydrogen) atoms. The fourth-order valence-corrected chi connectivity index (χ4v) is 9.88. The van der Waals surface area contributed by atoms with Crippen LogP contribution in [0.4, 0.5) is 17.1 Å². The minimum Gasteiger partial charge on any atom is -0.310 e. The molecule has 0 atom stereocenters. The third-order valence-electron chi connectivity index (χ3n) is 12.6. The molecule has 0 radical (unpaired) electrons. The van der Waals surface area contributed by atoms with Crippen LogP contribution in [0.1, 0.15) is 49.9 Å². The van der Waals surface area contributed by atoms with Gasteiger partial charge in [-0.3, -0.25) is 0 Å². The van der Waals surface area contributed by atoms with Gasteiger partial charge < -0.3 is 9.47 Å². The Morgan fingerprint density at radius 3 is 1.72 bits per heavy atom. The first-order chi connectivity index (χ1) is 26.3. The molecule has 0 spiro atoms. The van der Waals surface area contributed by atoms with Crippen molar-refractivity contribution in [1.29, 1.82) is 0 Å². The molecule has 9 aromatic rings. The quantitative estimate of drug-likeness (QED) is 0.178. The first kappa shape index (κ1) is 31.2. The van der Waals surface area contributed by atoms with Crippen LogP contribution in [0.2, 0.25) is 0 Å². The Balaban J connectivity index is 1.15. The summed E-state index contributed by atoms with van der Waals surface area (Å²) in [6.07, 6.45) is 0. The number of fused-ring (bicyclic) bond motifs is 10. The highest BCUT2D eigenvalue weighted by Gasteiger charge is 2.39. The standard InChI is InChI=1S/C52H40N2/c1-51(2)44-19-10-6-17-42(44)50-45(51)20-13-23-49(50)53(37-28-29-39-38-14-5-9-18-43(38)52(3,4)46(39)32-37)35-26-24-33-25-27-36(31-34(33)30-35)54-47-21-11-7-15-40(47)41-16-8-12-22-48(41)54/h5-32H,1-4H3. The molecule has 0 aliphatic heterocycles. The first-order valence-electron chi connectivity index (χ1n) is 19.1. The van der Waals surface area contributed by atoms with Gasteiger partial charge >= 0.3 is 0 Å². The average Bonchev–Trinajstić information content (AvgIpc) is 3.75. The van der Waals surface area contributed by atoms with Gasteiger partial charge in [-0.05, 0) is 104 Å². The van der Waals surface area contributed by atoms with E-state index in [1.807, 2.05) is 0 Å². The van der Waals surface area contributed by atoms with Crippen LogP contribution in [0.5, 0.6) is 0 Å². The molecule has 2 nitrogen and oxygen atoms in total. The SMILES string of the molecule is CC1(C)c2ccccc2-c2ccc(N(c3ccc4ccc(-n5c6ccccc6c6ccccc65)cc4c3)c3cccc4c3-c3ccccc3C4(C)C)cc21. The summed E-state index contributed by atoms with van der Waals surface area (Å²) in [5.41, 5.74) is 17.7. The lowest BCUT2D eigenvalue weighted by Gasteiger charge is -2.30. The van der Waals surface area contributed by atoms with Crippen molar-refractivity contribution in [2.45, 2.75) is 38.5 Å². The van der Waals surface area contributed by atoms with Crippen LogP contribution < -0.4 is 4.90 Å². The molecule has 2 aliphatic carbocycles. The van der Waals surface area contributed by atoms with Crippen molar-refractivity contribution in [3.8, 4) is 27.9 Å².